The lowest BCUT2D eigenvalue weighted by Gasteiger charge is -2.34. The maximum absolute atomic E-state index is 15.8. The third kappa shape index (κ3) is 3.74. The van der Waals surface area contributed by atoms with E-state index in [0.29, 0.717) is 11.4 Å². The fourth-order valence-corrected chi connectivity index (χ4v) is 8.56. The molecule has 214 valence electrons. The lowest BCUT2D eigenvalue weighted by atomic mass is 9.68. The predicted molar refractivity (Wildman–Crippen MR) is 175 cm³/mol. The Morgan fingerprint density at radius 3 is 1.73 bits per heavy atom. The van der Waals surface area contributed by atoms with Crippen LogP contribution in [0.25, 0.3) is 16.8 Å². The van der Waals surface area contributed by atoms with Crippen LogP contribution in [0.4, 0.5) is 8.63 Å². The number of fused-ring (bicyclic) bond motifs is 2. The van der Waals surface area contributed by atoms with Gasteiger partial charge < -0.3 is 4.48 Å². The molecule has 4 aromatic rings. The van der Waals surface area contributed by atoms with Crippen molar-refractivity contribution in [3.8, 4) is 11.3 Å². The summed E-state index contributed by atoms with van der Waals surface area (Å²) in [5, 5.41) is 0. The van der Waals surface area contributed by atoms with Crippen LogP contribution < -0.4 is 0 Å². The van der Waals surface area contributed by atoms with Crippen molar-refractivity contribution in [1.29, 1.82) is 0 Å². The number of nitrogens with zero attached hydrogens (tertiary/aromatic N) is 2. The number of hydrogen-bond donors (Lipinski definition) is 0. The van der Waals surface area contributed by atoms with E-state index in [9.17, 15) is 0 Å². The number of benzene rings is 3. The smallest absolute Gasteiger partial charge is 0.324 e. The molecule has 11 rings (SSSR count). The average Bonchev–Trinajstić information content (AvgIpc) is 3.68. The average molecular weight is 576 g/mol. The second-order valence-corrected chi connectivity index (χ2v) is 12.6. The molecular formula is C39H31BF2N2. The third-order valence-corrected chi connectivity index (χ3v) is 10.3. The first-order chi connectivity index (χ1) is 21.7. The highest BCUT2D eigenvalue weighted by Gasteiger charge is 2.45. The molecule has 7 aliphatic rings. The van der Waals surface area contributed by atoms with Crippen LogP contribution in [0.15, 0.2) is 137 Å². The van der Waals surface area contributed by atoms with Crippen molar-refractivity contribution in [1.82, 2.24) is 4.48 Å². The van der Waals surface area contributed by atoms with Gasteiger partial charge >= 0.3 is 7.40 Å². The first kappa shape index (κ1) is 25.9. The molecule has 2 nitrogen and oxygen atoms in total. The first-order valence-electron chi connectivity index (χ1n) is 15.9. The Bertz CT molecular complexity index is 1950. The summed E-state index contributed by atoms with van der Waals surface area (Å²) in [5.41, 5.74) is 11.5. The lowest BCUT2D eigenvalue weighted by Crippen LogP contribution is -2.25. The highest BCUT2D eigenvalue weighted by atomic mass is 19.2. The zero-order chi connectivity index (χ0) is 29.4. The molecule has 0 saturated heterocycles. The standard InChI is InChI=1S/C39H31BF2N2/c41-40(42)44-38(30-14-8-3-9-15-30)33-27-20-22-28(23-21-27)34(33)39(44)35(24-10-4-1-5-11-24)37-32-26-18-16-25(17-19-26)31(32)36(43-37)29-12-6-2-7-13-29/h1-16,18,20,22,25-28H,17,19,21,23H2/b37-35-. The van der Waals surface area contributed by atoms with E-state index in [0.717, 1.165) is 70.5 Å². The zero-order valence-electron chi connectivity index (χ0n) is 24.3. The monoisotopic (exact) mass is 576 g/mol. The van der Waals surface area contributed by atoms with Crippen LogP contribution in [0.5, 0.6) is 0 Å². The van der Waals surface area contributed by atoms with Crippen molar-refractivity contribution in [3.63, 3.8) is 0 Å². The fraction of sp³-hybridized carbons (Fsp3) is 0.205. The summed E-state index contributed by atoms with van der Waals surface area (Å²) in [4.78, 5) is 5.50. The first-order valence-corrected chi connectivity index (χ1v) is 15.9. The summed E-state index contributed by atoms with van der Waals surface area (Å²) >= 11 is 0. The van der Waals surface area contributed by atoms with Gasteiger partial charge in [0.2, 0.25) is 0 Å². The van der Waals surface area contributed by atoms with E-state index in [1.54, 1.807) is 0 Å². The summed E-state index contributed by atoms with van der Waals surface area (Å²) in [6, 6.07) is 30.4. The van der Waals surface area contributed by atoms with Crippen molar-refractivity contribution in [3.05, 3.63) is 160 Å². The van der Waals surface area contributed by atoms with Crippen LogP contribution >= 0.6 is 0 Å². The van der Waals surface area contributed by atoms with Gasteiger partial charge in [-0.1, -0.05) is 115 Å². The summed E-state index contributed by atoms with van der Waals surface area (Å²) in [5.74, 6) is 0.741. The van der Waals surface area contributed by atoms with Crippen molar-refractivity contribution in [2.75, 3.05) is 0 Å². The molecule has 2 heterocycles. The van der Waals surface area contributed by atoms with Crippen LogP contribution in [0.3, 0.4) is 0 Å². The fourth-order valence-electron chi connectivity index (χ4n) is 8.56. The molecule has 1 aromatic heterocycles. The number of aliphatic imine (C=N–C) groups is 1. The van der Waals surface area contributed by atoms with Gasteiger partial charge in [-0.2, -0.15) is 0 Å². The molecule has 0 fully saturated rings. The van der Waals surface area contributed by atoms with Crippen molar-refractivity contribution in [2.24, 2.45) is 16.8 Å². The quantitative estimate of drug-likeness (QED) is 0.166. The van der Waals surface area contributed by atoms with Crippen LogP contribution in [-0.2, 0) is 0 Å². The number of aromatic nitrogens is 1. The predicted octanol–water partition coefficient (Wildman–Crippen LogP) is 9.61. The van der Waals surface area contributed by atoms with E-state index in [4.69, 9.17) is 4.99 Å². The Hall–Kier alpha value is -4.51. The van der Waals surface area contributed by atoms with Crippen molar-refractivity contribution >= 4 is 18.7 Å². The van der Waals surface area contributed by atoms with Gasteiger partial charge in [0.05, 0.1) is 11.4 Å². The molecule has 3 aromatic carbocycles. The molecule has 0 saturated carbocycles. The topological polar surface area (TPSA) is 17.3 Å². The number of halogens is 2. The normalized spacial score (nSPS) is 25.3. The Kier molecular flexibility index (Phi) is 5.91. The van der Waals surface area contributed by atoms with E-state index in [-0.39, 0.29) is 23.7 Å². The number of allylic oxidation sites excluding steroid dienone is 6. The summed E-state index contributed by atoms with van der Waals surface area (Å²) in [6.07, 6.45) is 13.3. The van der Waals surface area contributed by atoms with E-state index >= 15 is 8.63 Å². The number of hydrogen-bond acceptors (Lipinski definition) is 1. The third-order valence-electron chi connectivity index (χ3n) is 10.3. The maximum Gasteiger partial charge on any atom is 0.678 e. The minimum atomic E-state index is -2.71. The highest BCUT2D eigenvalue weighted by molar-refractivity contribution is 6.42. The molecule has 4 bridgehead atoms. The molecule has 1 aliphatic heterocycles. The van der Waals surface area contributed by atoms with Crippen LogP contribution in [-0.4, -0.2) is 17.6 Å². The van der Waals surface area contributed by atoms with Gasteiger partial charge in [-0.25, -0.2) is 4.99 Å². The Morgan fingerprint density at radius 1 is 0.614 bits per heavy atom. The zero-order valence-corrected chi connectivity index (χ0v) is 24.3. The molecule has 0 spiro atoms. The highest BCUT2D eigenvalue weighted by Crippen LogP contribution is 2.56. The number of rotatable bonds is 5. The van der Waals surface area contributed by atoms with Crippen molar-refractivity contribution < 1.29 is 8.63 Å². The molecule has 5 heteroatoms. The maximum atomic E-state index is 15.8. The van der Waals surface area contributed by atoms with E-state index in [1.165, 1.54) is 15.6 Å². The molecular weight excluding hydrogens is 545 g/mol. The van der Waals surface area contributed by atoms with Gasteiger partial charge in [0.1, 0.15) is 0 Å². The molecule has 0 amide bonds. The van der Waals surface area contributed by atoms with E-state index in [1.807, 2.05) is 54.6 Å². The largest absolute Gasteiger partial charge is 0.678 e. The molecule has 0 radical (unpaired) electrons. The Morgan fingerprint density at radius 2 is 1.14 bits per heavy atom. The molecule has 4 unspecified atom stereocenters. The molecule has 4 atom stereocenters. The van der Waals surface area contributed by atoms with Gasteiger partial charge in [-0.3, -0.25) is 8.63 Å². The van der Waals surface area contributed by atoms with E-state index in [2.05, 4.69) is 60.7 Å². The van der Waals surface area contributed by atoms with Gasteiger partial charge in [0, 0.05) is 46.2 Å². The van der Waals surface area contributed by atoms with Crippen LogP contribution in [0.1, 0.15) is 65.5 Å². The van der Waals surface area contributed by atoms with E-state index < -0.39 is 7.40 Å². The second kappa shape index (κ2) is 10.0. The van der Waals surface area contributed by atoms with Crippen LogP contribution in [0.2, 0.25) is 0 Å². The van der Waals surface area contributed by atoms with Crippen LogP contribution in [0, 0.1) is 11.8 Å². The van der Waals surface area contributed by atoms with Gasteiger partial charge in [-0.15, -0.1) is 0 Å². The Balaban J connectivity index is 1.43. The van der Waals surface area contributed by atoms with Gasteiger partial charge in [-0.05, 0) is 59.1 Å². The minimum Gasteiger partial charge on any atom is -0.324 e. The summed E-state index contributed by atoms with van der Waals surface area (Å²) in [7, 11) is -2.71. The molecule has 0 N–H and O–H groups in total. The lowest BCUT2D eigenvalue weighted by molar-refractivity contribution is 0.502. The van der Waals surface area contributed by atoms with Gasteiger partial charge in [0.25, 0.3) is 0 Å². The second-order valence-electron chi connectivity index (χ2n) is 12.6. The molecule has 6 aliphatic carbocycles. The SMILES string of the molecule is FB(F)n1c(/C(=C2\N=C(c3ccccc3)C3=C2C2C=CC3CC2)c2ccccc2)c2c(c1-c1ccccc1)C1C=CC2CC1. The minimum absolute atomic E-state index is 0.0990. The molecule has 44 heavy (non-hydrogen) atoms. The summed E-state index contributed by atoms with van der Waals surface area (Å²) in [6.45, 7) is 0. The summed E-state index contributed by atoms with van der Waals surface area (Å²) < 4.78 is 32.9. The Labute approximate surface area is 257 Å². The van der Waals surface area contributed by atoms with Crippen molar-refractivity contribution in [2.45, 2.75) is 37.5 Å². The van der Waals surface area contributed by atoms with Gasteiger partial charge in [0.15, 0.2) is 0 Å².